The molecule has 1 aliphatic heterocycles. The molecule has 1 saturated heterocycles. The fraction of sp³-hybridized carbons (Fsp3) is 1.00. The van der Waals surface area contributed by atoms with Crippen LogP contribution in [0.25, 0.3) is 0 Å². The standard InChI is InChI=1S/C8H15NO/c10-6-8-3-1-2-7(4-8)5-9-8/h7,9-10H,1-6H2/t7-,8+/m0/s1. The summed E-state index contributed by atoms with van der Waals surface area (Å²) in [6.07, 6.45) is 5.07. The van der Waals surface area contributed by atoms with Gasteiger partial charge < -0.3 is 10.4 Å². The van der Waals surface area contributed by atoms with Crippen LogP contribution < -0.4 is 5.32 Å². The molecular formula is C8H15NO. The lowest BCUT2D eigenvalue weighted by Crippen LogP contribution is -2.43. The third-order valence-corrected chi connectivity index (χ3v) is 3.02. The molecule has 2 N–H and O–H groups in total. The summed E-state index contributed by atoms with van der Waals surface area (Å²) in [7, 11) is 0. The van der Waals surface area contributed by atoms with Gasteiger partial charge in [-0.05, 0) is 31.7 Å². The van der Waals surface area contributed by atoms with Gasteiger partial charge in [0.25, 0.3) is 0 Å². The highest BCUT2D eigenvalue weighted by molar-refractivity contribution is 4.99. The Morgan fingerprint density at radius 2 is 2.50 bits per heavy atom. The average Bonchev–Trinajstić information content (AvgIpc) is 2.29. The van der Waals surface area contributed by atoms with Crippen LogP contribution in [-0.2, 0) is 0 Å². The fourth-order valence-corrected chi connectivity index (χ4v) is 2.38. The Morgan fingerprint density at radius 1 is 1.60 bits per heavy atom. The lowest BCUT2D eigenvalue weighted by Gasteiger charge is -2.30. The molecule has 0 aromatic carbocycles. The van der Waals surface area contributed by atoms with Crippen molar-refractivity contribution in [1.29, 1.82) is 0 Å². The third kappa shape index (κ3) is 0.867. The van der Waals surface area contributed by atoms with Crippen molar-refractivity contribution in [3.63, 3.8) is 0 Å². The van der Waals surface area contributed by atoms with Crippen molar-refractivity contribution in [2.24, 2.45) is 5.92 Å². The first kappa shape index (κ1) is 6.62. The van der Waals surface area contributed by atoms with E-state index in [4.69, 9.17) is 5.11 Å². The van der Waals surface area contributed by atoms with Gasteiger partial charge in [-0.1, -0.05) is 6.42 Å². The van der Waals surface area contributed by atoms with E-state index in [2.05, 4.69) is 5.32 Å². The molecule has 1 heterocycles. The second-order valence-electron chi connectivity index (χ2n) is 3.78. The minimum Gasteiger partial charge on any atom is -0.394 e. The molecule has 0 aromatic rings. The summed E-state index contributed by atoms with van der Waals surface area (Å²) in [6, 6.07) is 0. The van der Waals surface area contributed by atoms with Gasteiger partial charge in [-0.3, -0.25) is 0 Å². The average molecular weight is 141 g/mol. The summed E-state index contributed by atoms with van der Waals surface area (Å²) < 4.78 is 0. The first-order valence-corrected chi connectivity index (χ1v) is 4.21. The zero-order valence-electron chi connectivity index (χ0n) is 6.27. The maximum Gasteiger partial charge on any atom is 0.0613 e. The van der Waals surface area contributed by atoms with Crippen LogP contribution in [0.5, 0.6) is 0 Å². The summed E-state index contributed by atoms with van der Waals surface area (Å²) in [5, 5.41) is 12.5. The molecule has 0 aromatic heterocycles. The van der Waals surface area contributed by atoms with Crippen molar-refractivity contribution >= 4 is 0 Å². The molecule has 2 fully saturated rings. The van der Waals surface area contributed by atoms with Crippen LogP contribution in [0, 0.1) is 5.92 Å². The molecule has 2 atom stereocenters. The van der Waals surface area contributed by atoms with Gasteiger partial charge in [0.15, 0.2) is 0 Å². The molecule has 0 radical (unpaired) electrons. The van der Waals surface area contributed by atoms with Crippen molar-refractivity contribution in [1.82, 2.24) is 5.32 Å². The van der Waals surface area contributed by atoms with Crippen LogP contribution in [0.1, 0.15) is 25.7 Å². The molecule has 2 aliphatic rings. The van der Waals surface area contributed by atoms with Crippen LogP contribution in [0.3, 0.4) is 0 Å². The van der Waals surface area contributed by atoms with E-state index in [1.165, 1.54) is 25.7 Å². The Hall–Kier alpha value is -0.0800. The highest BCUT2D eigenvalue weighted by Gasteiger charge is 2.40. The molecule has 2 rings (SSSR count). The quantitative estimate of drug-likeness (QED) is 0.557. The van der Waals surface area contributed by atoms with E-state index in [1.54, 1.807) is 0 Å². The summed E-state index contributed by atoms with van der Waals surface area (Å²) >= 11 is 0. The van der Waals surface area contributed by atoms with Crippen molar-refractivity contribution < 1.29 is 5.11 Å². The maximum absolute atomic E-state index is 9.11. The van der Waals surface area contributed by atoms with E-state index in [9.17, 15) is 0 Å². The van der Waals surface area contributed by atoms with Gasteiger partial charge in [0.05, 0.1) is 6.61 Å². The largest absolute Gasteiger partial charge is 0.394 e. The van der Waals surface area contributed by atoms with E-state index in [-0.39, 0.29) is 5.54 Å². The Labute approximate surface area is 61.6 Å². The predicted molar refractivity (Wildman–Crippen MR) is 39.8 cm³/mol. The topological polar surface area (TPSA) is 32.3 Å². The number of aliphatic hydroxyl groups excluding tert-OH is 1. The van der Waals surface area contributed by atoms with E-state index in [1.807, 2.05) is 0 Å². The van der Waals surface area contributed by atoms with Gasteiger partial charge in [-0.25, -0.2) is 0 Å². The third-order valence-electron chi connectivity index (χ3n) is 3.02. The molecule has 0 amide bonds. The number of nitrogens with one attached hydrogen (secondary N) is 1. The molecule has 1 saturated carbocycles. The summed E-state index contributed by atoms with van der Waals surface area (Å²) in [5.74, 6) is 0.862. The lowest BCUT2D eigenvalue weighted by molar-refractivity contribution is 0.149. The van der Waals surface area contributed by atoms with Crippen LogP contribution in [0.4, 0.5) is 0 Å². The monoisotopic (exact) mass is 141 g/mol. The second kappa shape index (κ2) is 2.21. The zero-order chi connectivity index (χ0) is 7.03. The Kier molecular flexibility index (Phi) is 1.46. The Bertz CT molecular complexity index is 133. The lowest BCUT2D eigenvalue weighted by atomic mass is 9.81. The van der Waals surface area contributed by atoms with Gasteiger partial charge in [0.2, 0.25) is 0 Å². The molecule has 2 nitrogen and oxygen atoms in total. The fourth-order valence-electron chi connectivity index (χ4n) is 2.38. The molecule has 2 bridgehead atoms. The van der Waals surface area contributed by atoms with Crippen molar-refractivity contribution in [3.8, 4) is 0 Å². The number of rotatable bonds is 1. The molecule has 58 valence electrons. The van der Waals surface area contributed by atoms with Gasteiger partial charge in [-0.15, -0.1) is 0 Å². The van der Waals surface area contributed by atoms with E-state index < -0.39 is 0 Å². The molecule has 1 aliphatic carbocycles. The number of hydrogen-bond acceptors (Lipinski definition) is 2. The molecule has 10 heavy (non-hydrogen) atoms. The normalized spacial score (nSPS) is 45.9. The Morgan fingerprint density at radius 3 is 3.20 bits per heavy atom. The number of aliphatic hydroxyl groups is 1. The number of fused-ring (bicyclic) bond motifs is 2. The number of hydrogen-bond donors (Lipinski definition) is 2. The van der Waals surface area contributed by atoms with Gasteiger partial charge in [0, 0.05) is 5.54 Å². The Balaban J connectivity index is 2.10. The summed E-state index contributed by atoms with van der Waals surface area (Å²) in [6.45, 7) is 1.48. The summed E-state index contributed by atoms with van der Waals surface area (Å²) in [4.78, 5) is 0. The maximum atomic E-state index is 9.11. The van der Waals surface area contributed by atoms with Crippen molar-refractivity contribution in [2.75, 3.05) is 13.2 Å². The van der Waals surface area contributed by atoms with Crippen LogP contribution in [0.2, 0.25) is 0 Å². The van der Waals surface area contributed by atoms with Gasteiger partial charge in [0.1, 0.15) is 0 Å². The first-order chi connectivity index (χ1) is 4.85. The van der Waals surface area contributed by atoms with Gasteiger partial charge in [-0.2, -0.15) is 0 Å². The van der Waals surface area contributed by atoms with Crippen molar-refractivity contribution in [3.05, 3.63) is 0 Å². The van der Waals surface area contributed by atoms with Crippen LogP contribution >= 0.6 is 0 Å². The zero-order valence-corrected chi connectivity index (χ0v) is 6.27. The summed E-state index contributed by atoms with van der Waals surface area (Å²) in [5.41, 5.74) is 0.142. The molecular weight excluding hydrogens is 126 g/mol. The smallest absolute Gasteiger partial charge is 0.0613 e. The van der Waals surface area contributed by atoms with Gasteiger partial charge >= 0.3 is 0 Å². The van der Waals surface area contributed by atoms with Crippen LogP contribution in [0.15, 0.2) is 0 Å². The molecule has 0 unspecified atom stereocenters. The SMILES string of the molecule is OC[C@]12CCC[C@H](CN1)C2. The van der Waals surface area contributed by atoms with E-state index in [0.717, 1.165) is 12.5 Å². The van der Waals surface area contributed by atoms with Crippen LogP contribution in [-0.4, -0.2) is 23.8 Å². The minimum atomic E-state index is 0.142. The molecule has 0 spiro atoms. The van der Waals surface area contributed by atoms with E-state index >= 15 is 0 Å². The highest BCUT2D eigenvalue weighted by Crippen LogP contribution is 2.36. The minimum absolute atomic E-state index is 0.142. The van der Waals surface area contributed by atoms with E-state index in [0.29, 0.717) is 6.61 Å². The van der Waals surface area contributed by atoms with Crippen molar-refractivity contribution in [2.45, 2.75) is 31.2 Å². The highest BCUT2D eigenvalue weighted by atomic mass is 16.3. The first-order valence-electron chi connectivity index (χ1n) is 4.21. The molecule has 2 heteroatoms. The second-order valence-corrected chi connectivity index (χ2v) is 3.78. The predicted octanol–water partition coefficient (Wildman–Crippen LogP) is 0.511.